The monoisotopic (exact) mass is 697 g/mol. The predicted octanol–water partition coefficient (Wildman–Crippen LogP) is 14.3. The highest BCUT2D eigenvalue weighted by molar-refractivity contribution is 5.82. The van der Waals surface area contributed by atoms with Crippen LogP contribution in [-0.2, 0) is 0 Å². The zero-order chi connectivity index (χ0) is 36.9. The lowest BCUT2D eigenvalue weighted by Gasteiger charge is -2.26. The lowest BCUT2D eigenvalue weighted by atomic mass is 10.0. The summed E-state index contributed by atoms with van der Waals surface area (Å²) in [7, 11) is 2.11. The molecule has 0 unspecified atom stereocenters. The average Bonchev–Trinajstić information content (AvgIpc) is 3.23. The van der Waals surface area contributed by atoms with E-state index in [9.17, 15) is 0 Å². The SMILES string of the molecule is Cc1ccc(N(C)c2ccc(-c3ccc(N(c4ccccc4)c4ccc(-c5ccc(N(c6ccccc6)c6cccc(C)c6)cc5)cc4)cc3)cc2)cc1. The van der Waals surface area contributed by atoms with Crippen molar-refractivity contribution in [1.29, 1.82) is 0 Å². The van der Waals surface area contributed by atoms with Gasteiger partial charge in [0.1, 0.15) is 0 Å². The summed E-state index contributed by atoms with van der Waals surface area (Å²) in [4.78, 5) is 6.84. The maximum Gasteiger partial charge on any atom is 0.0464 e. The van der Waals surface area contributed by atoms with Crippen LogP contribution in [0.2, 0.25) is 0 Å². The van der Waals surface area contributed by atoms with E-state index in [1.807, 2.05) is 0 Å². The van der Waals surface area contributed by atoms with Crippen LogP contribution in [0.3, 0.4) is 0 Å². The fourth-order valence-corrected chi connectivity index (χ4v) is 7.02. The van der Waals surface area contributed by atoms with E-state index in [0.29, 0.717) is 0 Å². The Kier molecular flexibility index (Phi) is 9.78. The third-order valence-corrected chi connectivity index (χ3v) is 10.0. The van der Waals surface area contributed by atoms with E-state index in [1.54, 1.807) is 0 Å². The van der Waals surface area contributed by atoms with Gasteiger partial charge in [0.05, 0.1) is 0 Å². The van der Waals surface area contributed by atoms with Crippen molar-refractivity contribution in [3.63, 3.8) is 0 Å². The molecule has 0 N–H and O–H groups in total. The van der Waals surface area contributed by atoms with Crippen molar-refractivity contribution < 1.29 is 0 Å². The van der Waals surface area contributed by atoms with Crippen LogP contribution in [0, 0.1) is 13.8 Å². The number of rotatable bonds is 10. The fraction of sp³-hybridized carbons (Fsp3) is 0.0588. The molecule has 0 aliphatic carbocycles. The van der Waals surface area contributed by atoms with Gasteiger partial charge in [0.2, 0.25) is 0 Å². The molecule has 0 amide bonds. The zero-order valence-corrected chi connectivity index (χ0v) is 31.0. The van der Waals surface area contributed by atoms with Gasteiger partial charge >= 0.3 is 0 Å². The van der Waals surface area contributed by atoms with Gasteiger partial charge in [-0.1, -0.05) is 115 Å². The molecular formula is C51H43N3. The van der Waals surface area contributed by atoms with E-state index in [2.05, 4.69) is 242 Å². The van der Waals surface area contributed by atoms with E-state index in [1.165, 1.54) is 39.1 Å². The third-order valence-electron chi connectivity index (χ3n) is 10.0. The van der Waals surface area contributed by atoms with Crippen molar-refractivity contribution in [1.82, 2.24) is 0 Å². The summed E-state index contributed by atoms with van der Waals surface area (Å²) in [6, 6.07) is 73.8. The van der Waals surface area contributed by atoms with Crippen LogP contribution in [0.25, 0.3) is 22.3 Å². The molecule has 0 bridgehead atoms. The molecule has 8 aromatic carbocycles. The van der Waals surface area contributed by atoms with E-state index >= 15 is 0 Å². The second-order valence-corrected chi connectivity index (χ2v) is 13.8. The number of hydrogen-bond acceptors (Lipinski definition) is 3. The van der Waals surface area contributed by atoms with Gasteiger partial charge in [0.25, 0.3) is 0 Å². The Labute approximate surface area is 319 Å². The largest absolute Gasteiger partial charge is 0.345 e. The first-order chi connectivity index (χ1) is 26.5. The van der Waals surface area contributed by atoms with E-state index in [0.717, 1.165) is 39.8 Å². The topological polar surface area (TPSA) is 9.72 Å². The van der Waals surface area contributed by atoms with Crippen LogP contribution < -0.4 is 14.7 Å². The molecule has 54 heavy (non-hydrogen) atoms. The summed E-state index contributed by atoms with van der Waals surface area (Å²) < 4.78 is 0. The molecule has 0 aliphatic heterocycles. The molecule has 8 aromatic rings. The quantitative estimate of drug-likeness (QED) is 0.141. The highest BCUT2D eigenvalue weighted by Crippen LogP contribution is 2.39. The minimum absolute atomic E-state index is 1.10. The first-order valence-corrected chi connectivity index (χ1v) is 18.5. The Morgan fingerprint density at radius 3 is 0.963 bits per heavy atom. The Bertz CT molecular complexity index is 2420. The Hall–Kier alpha value is -6.84. The number of para-hydroxylation sites is 2. The fourth-order valence-electron chi connectivity index (χ4n) is 7.02. The molecule has 8 rings (SSSR count). The molecule has 0 saturated carbocycles. The van der Waals surface area contributed by atoms with E-state index < -0.39 is 0 Å². The van der Waals surface area contributed by atoms with E-state index in [-0.39, 0.29) is 0 Å². The molecule has 0 fully saturated rings. The minimum Gasteiger partial charge on any atom is -0.345 e. The zero-order valence-electron chi connectivity index (χ0n) is 31.0. The molecule has 0 heterocycles. The first kappa shape index (κ1) is 34.3. The van der Waals surface area contributed by atoms with Crippen molar-refractivity contribution >= 4 is 45.5 Å². The summed E-state index contributed by atoms with van der Waals surface area (Å²) in [6.45, 7) is 4.26. The molecule has 0 aromatic heterocycles. The highest BCUT2D eigenvalue weighted by Gasteiger charge is 2.15. The summed E-state index contributed by atoms with van der Waals surface area (Å²) >= 11 is 0. The summed E-state index contributed by atoms with van der Waals surface area (Å²) in [5.74, 6) is 0. The molecule has 0 aliphatic rings. The second-order valence-electron chi connectivity index (χ2n) is 13.8. The first-order valence-electron chi connectivity index (χ1n) is 18.5. The van der Waals surface area contributed by atoms with Crippen LogP contribution >= 0.6 is 0 Å². The van der Waals surface area contributed by atoms with Gasteiger partial charge in [-0.05, 0) is 139 Å². The predicted molar refractivity (Wildman–Crippen MR) is 231 cm³/mol. The Balaban J connectivity index is 1.04. The Morgan fingerprint density at radius 1 is 0.259 bits per heavy atom. The number of benzene rings is 8. The van der Waals surface area contributed by atoms with Crippen molar-refractivity contribution in [3.05, 3.63) is 217 Å². The number of anilines is 8. The number of aryl methyl sites for hydroxylation is 2. The number of hydrogen-bond donors (Lipinski definition) is 0. The summed E-state index contributed by atoms with van der Waals surface area (Å²) in [5.41, 5.74) is 16.3. The maximum absolute atomic E-state index is 2.32. The van der Waals surface area contributed by atoms with Crippen molar-refractivity contribution in [2.24, 2.45) is 0 Å². The molecule has 3 heteroatoms. The van der Waals surface area contributed by atoms with Crippen molar-refractivity contribution in [3.8, 4) is 22.3 Å². The third kappa shape index (κ3) is 7.39. The maximum atomic E-state index is 2.32. The van der Waals surface area contributed by atoms with Gasteiger partial charge in [-0.15, -0.1) is 0 Å². The van der Waals surface area contributed by atoms with Crippen LogP contribution in [0.1, 0.15) is 11.1 Å². The molecule has 0 atom stereocenters. The summed E-state index contributed by atoms with van der Waals surface area (Å²) in [6.07, 6.45) is 0. The van der Waals surface area contributed by atoms with Gasteiger partial charge in [-0.25, -0.2) is 0 Å². The summed E-state index contributed by atoms with van der Waals surface area (Å²) in [5, 5.41) is 0. The molecule has 3 nitrogen and oxygen atoms in total. The average molecular weight is 698 g/mol. The normalized spacial score (nSPS) is 10.9. The second kappa shape index (κ2) is 15.4. The molecule has 262 valence electrons. The van der Waals surface area contributed by atoms with Gasteiger partial charge in [-0.2, -0.15) is 0 Å². The van der Waals surface area contributed by atoms with Crippen LogP contribution in [0.4, 0.5) is 45.5 Å². The molecule has 0 spiro atoms. The lowest BCUT2D eigenvalue weighted by molar-refractivity contribution is 1.20. The minimum atomic E-state index is 1.10. The standard InChI is InChI=1S/C51H43N3/c1-38-17-27-44(28-18-38)52(3)45-29-19-40(20-30-45)41-21-31-48(32-22-41)53(46-12-6-4-7-13-46)49-33-23-42(24-34-49)43-25-35-50(36-26-43)54(47-14-8-5-9-15-47)51-16-10-11-39(2)37-51/h4-37H,1-3H3. The lowest BCUT2D eigenvalue weighted by Crippen LogP contribution is -2.10. The number of nitrogens with zero attached hydrogens (tertiary/aromatic N) is 3. The van der Waals surface area contributed by atoms with Gasteiger partial charge in [0.15, 0.2) is 0 Å². The smallest absolute Gasteiger partial charge is 0.0464 e. The van der Waals surface area contributed by atoms with Gasteiger partial charge in [-0.3, -0.25) is 0 Å². The van der Waals surface area contributed by atoms with Gasteiger partial charge < -0.3 is 14.7 Å². The van der Waals surface area contributed by atoms with Crippen LogP contribution in [-0.4, -0.2) is 7.05 Å². The van der Waals surface area contributed by atoms with E-state index in [4.69, 9.17) is 0 Å². The van der Waals surface area contributed by atoms with Crippen molar-refractivity contribution in [2.75, 3.05) is 21.7 Å². The van der Waals surface area contributed by atoms with Gasteiger partial charge in [0, 0.05) is 52.5 Å². The Morgan fingerprint density at radius 2 is 0.574 bits per heavy atom. The molecule has 0 saturated heterocycles. The van der Waals surface area contributed by atoms with Crippen molar-refractivity contribution in [2.45, 2.75) is 13.8 Å². The van der Waals surface area contributed by atoms with Crippen LogP contribution in [0.15, 0.2) is 206 Å². The van der Waals surface area contributed by atoms with Crippen LogP contribution in [0.5, 0.6) is 0 Å². The highest BCUT2D eigenvalue weighted by atomic mass is 15.1. The molecular weight excluding hydrogens is 655 g/mol. The molecule has 0 radical (unpaired) electrons.